The molecule has 0 spiro atoms. The first kappa shape index (κ1) is 19.3. The topological polar surface area (TPSA) is 94.6 Å². The summed E-state index contributed by atoms with van der Waals surface area (Å²) in [5, 5.41) is 12.1. The van der Waals surface area contributed by atoms with E-state index in [0.717, 1.165) is 25.8 Å². The molecular weight excluding hydrogens is 294 g/mol. The predicted molar refractivity (Wildman–Crippen MR) is 92.2 cm³/mol. The fourth-order valence-electron chi connectivity index (χ4n) is 1.92. The van der Waals surface area contributed by atoms with Crippen molar-refractivity contribution in [1.82, 2.24) is 21.3 Å². The summed E-state index contributed by atoms with van der Waals surface area (Å²) in [6.45, 7) is 8.39. The fourth-order valence-corrected chi connectivity index (χ4v) is 1.92. The highest BCUT2D eigenvalue weighted by Gasteiger charge is 2.28. The summed E-state index contributed by atoms with van der Waals surface area (Å²) in [6.07, 6.45) is 3.33. The molecule has 1 aliphatic rings. The van der Waals surface area contributed by atoms with E-state index in [1.807, 2.05) is 20.8 Å². The molecule has 0 heterocycles. The molecule has 0 saturated heterocycles. The number of nitrogens with one attached hydrogen (secondary N) is 4. The summed E-state index contributed by atoms with van der Waals surface area (Å²) in [4.78, 5) is 27.6. The van der Waals surface area contributed by atoms with Crippen LogP contribution in [0.25, 0.3) is 0 Å². The first-order valence-corrected chi connectivity index (χ1v) is 8.66. The Bertz CT molecular complexity index is 407. The molecule has 0 aromatic heterocycles. The second-order valence-corrected chi connectivity index (χ2v) is 5.88. The van der Waals surface area contributed by atoms with Crippen LogP contribution in [0.5, 0.6) is 0 Å². The third-order valence-corrected chi connectivity index (χ3v) is 3.64. The number of hydrogen-bond acceptors (Lipinski definition) is 3. The number of rotatable bonds is 10. The number of carbonyl (C=O) groups excluding carboxylic acids is 2. The van der Waals surface area contributed by atoms with Crippen molar-refractivity contribution in [3.8, 4) is 0 Å². The lowest BCUT2D eigenvalue weighted by Crippen LogP contribution is -2.42. The van der Waals surface area contributed by atoms with Crippen LogP contribution in [-0.4, -0.2) is 50.0 Å². The van der Waals surface area contributed by atoms with Gasteiger partial charge in [0, 0.05) is 38.0 Å². The van der Waals surface area contributed by atoms with Crippen LogP contribution in [0.15, 0.2) is 4.99 Å². The van der Waals surface area contributed by atoms with Gasteiger partial charge in [0.25, 0.3) is 0 Å². The van der Waals surface area contributed by atoms with Crippen LogP contribution in [0.4, 0.5) is 0 Å². The first-order valence-electron chi connectivity index (χ1n) is 8.66. The van der Waals surface area contributed by atoms with Crippen molar-refractivity contribution in [2.45, 2.75) is 52.5 Å². The molecule has 7 heteroatoms. The smallest absolute Gasteiger partial charge is 0.223 e. The number of carbonyl (C=O) groups is 2. The molecule has 0 aromatic carbocycles. The van der Waals surface area contributed by atoms with Gasteiger partial charge in [-0.3, -0.25) is 14.6 Å². The van der Waals surface area contributed by atoms with Crippen molar-refractivity contribution in [3.05, 3.63) is 0 Å². The number of hydrogen-bond donors (Lipinski definition) is 4. The second kappa shape index (κ2) is 10.9. The zero-order valence-corrected chi connectivity index (χ0v) is 14.6. The molecule has 1 aliphatic carbocycles. The van der Waals surface area contributed by atoms with Crippen LogP contribution < -0.4 is 21.3 Å². The Balaban J connectivity index is 2.20. The summed E-state index contributed by atoms with van der Waals surface area (Å²) in [7, 11) is 0. The molecule has 0 aliphatic heterocycles. The molecule has 2 amide bonds. The van der Waals surface area contributed by atoms with Gasteiger partial charge in [0.2, 0.25) is 11.8 Å². The van der Waals surface area contributed by atoms with E-state index in [9.17, 15) is 9.59 Å². The Labute approximate surface area is 139 Å². The van der Waals surface area contributed by atoms with Gasteiger partial charge >= 0.3 is 0 Å². The molecule has 1 unspecified atom stereocenters. The van der Waals surface area contributed by atoms with Crippen molar-refractivity contribution in [2.75, 3.05) is 26.2 Å². The third-order valence-electron chi connectivity index (χ3n) is 3.64. The van der Waals surface area contributed by atoms with Gasteiger partial charge < -0.3 is 21.3 Å². The maximum atomic E-state index is 11.7. The van der Waals surface area contributed by atoms with Crippen molar-refractivity contribution in [2.24, 2.45) is 10.9 Å². The highest BCUT2D eigenvalue weighted by molar-refractivity contribution is 5.82. The lowest BCUT2D eigenvalue weighted by molar-refractivity contribution is -0.122. The lowest BCUT2D eigenvalue weighted by atomic mass is 10.2. The molecule has 1 rings (SSSR count). The predicted octanol–water partition coefficient (Wildman–Crippen LogP) is 0.373. The van der Waals surface area contributed by atoms with Gasteiger partial charge in [0.15, 0.2) is 5.96 Å². The van der Waals surface area contributed by atoms with E-state index in [1.165, 1.54) is 0 Å². The Morgan fingerprint density at radius 2 is 1.83 bits per heavy atom. The van der Waals surface area contributed by atoms with E-state index in [4.69, 9.17) is 0 Å². The summed E-state index contributed by atoms with van der Waals surface area (Å²) in [6, 6.07) is 0.202. The second-order valence-electron chi connectivity index (χ2n) is 5.88. The minimum atomic E-state index is 0.0237. The minimum absolute atomic E-state index is 0.0237. The van der Waals surface area contributed by atoms with E-state index in [2.05, 4.69) is 26.3 Å². The Kier molecular flexibility index (Phi) is 9.09. The molecule has 132 valence electrons. The molecule has 1 atom stereocenters. The molecule has 0 aromatic rings. The molecule has 4 N–H and O–H groups in total. The van der Waals surface area contributed by atoms with E-state index < -0.39 is 0 Å². The van der Waals surface area contributed by atoms with Gasteiger partial charge in [0.1, 0.15) is 0 Å². The largest absolute Gasteiger partial charge is 0.357 e. The summed E-state index contributed by atoms with van der Waals surface area (Å²) < 4.78 is 0. The average molecular weight is 325 g/mol. The van der Waals surface area contributed by atoms with Gasteiger partial charge in [0.05, 0.1) is 6.54 Å². The van der Waals surface area contributed by atoms with Crippen LogP contribution >= 0.6 is 0 Å². The fraction of sp³-hybridized carbons (Fsp3) is 0.812. The monoisotopic (exact) mass is 325 g/mol. The van der Waals surface area contributed by atoms with Crippen molar-refractivity contribution >= 4 is 17.8 Å². The number of guanidine groups is 1. The van der Waals surface area contributed by atoms with Crippen LogP contribution in [0, 0.1) is 5.92 Å². The maximum Gasteiger partial charge on any atom is 0.223 e. The lowest BCUT2D eigenvalue weighted by Gasteiger charge is -2.12. The van der Waals surface area contributed by atoms with E-state index in [-0.39, 0.29) is 23.8 Å². The van der Waals surface area contributed by atoms with Crippen LogP contribution in [0.1, 0.15) is 46.5 Å². The summed E-state index contributed by atoms with van der Waals surface area (Å²) in [5.74, 6) is 1.08. The Morgan fingerprint density at radius 3 is 2.43 bits per heavy atom. The van der Waals surface area contributed by atoms with Gasteiger partial charge in [-0.1, -0.05) is 6.92 Å². The van der Waals surface area contributed by atoms with Crippen LogP contribution in [0.2, 0.25) is 0 Å². The van der Waals surface area contributed by atoms with Gasteiger partial charge in [-0.2, -0.15) is 0 Å². The first-order chi connectivity index (χ1) is 11.1. The third kappa shape index (κ3) is 9.05. The van der Waals surface area contributed by atoms with Crippen molar-refractivity contribution < 1.29 is 9.59 Å². The highest BCUT2D eigenvalue weighted by atomic mass is 16.2. The quantitative estimate of drug-likeness (QED) is 0.265. The zero-order chi connectivity index (χ0) is 17.1. The van der Waals surface area contributed by atoms with E-state index >= 15 is 0 Å². The normalized spacial score (nSPS) is 15.7. The van der Waals surface area contributed by atoms with E-state index in [1.54, 1.807) is 0 Å². The molecule has 23 heavy (non-hydrogen) atoms. The van der Waals surface area contributed by atoms with Gasteiger partial charge in [-0.15, -0.1) is 0 Å². The minimum Gasteiger partial charge on any atom is -0.357 e. The van der Waals surface area contributed by atoms with Gasteiger partial charge in [-0.05, 0) is 33.1 Å². The molecule has 0 bridgehead atoms. The summed E-state index contributed by atoms with van der Waals surface area (Å²) in [5.41, 5.74) is 0. The molecule has 1 fully saturated rings. The molecular formula is C16H31N5O2. The van der Waals surface area contributed by atoms with E-state index in [0.29, 0.717) is 32.0 Å². The number of amides is 2. The molecule has 1 saturated carbocycles. The average Bonchev–Trinajstić information content (AvgIpc) is 3.35. The zero-order valence-electron chi connectivity index (χ0n) is 14.6. The molecule has 7 nitrogen and oxygen atoms in total. The Hall–Kier alpha value is -1.79. The molecule has 0 radical (unpaired) electrons. The SMILES string of the molecule is CCNC(=NCCC(=O)NC(C)CC)NCCNC(=O)C1CC1. The number of nitrogens with zero attached hydrogens (tertiary/aromatic N) is 1. The number of aliphatic imine (C=N–C) groups is 1. The van der Waals surface area contributed by atoms with Crippen LogP contribution in [0.3, 0.4) is 0 Å². The maximum absolute atomic E-state index is 11.7. The van der Waals surface area contributed by atoms with Crippen molar-refractivity contribution in [3.63, 3.8) is 0 Å². The highest BCUT2D eigenvalue weighted by Crippen LogP contribution is 2.28. The van der Waals surface area contributed by atoms with Gasteiger partial charge in [-0.25, -0.2) is 0 Å². The standard InChI is InChI=1S/C16H31N5O2/c1-4-12(3)21-14(22)8-9-19-16(17-5-2)20-11-10-18-15(23)13-6-7-13/h12-13H,4-11H2,1-3H3,(H,18,23)(H,21,22)(H2,17,19,20). The van der Waals surface area contributed by atoms with Crippen molar-refractivity contribution in [1.29, 1.82) is 0 Å². The van der Waals surface area contributed by atoms with Crippen LogP contribution in [-0.2, 0) is 9.59 Å². The summed E-state index contributed by atoms with van der Waals surface area (Å²) >= 11 is 0. The Morgan fingerprint density at radius 1 is 1.13 bits per heavy atom.